The maximum atomic E-state index is 13.2. The first-order valence-corrected chi connectivity index (χ1v) is 13.4. The van der Waals surface area contributed by atoms with Gasteiger partial charge in [-0.15, -0.1) is 23.1 Å². The fraction of sp³-hybridized carbons (Fsp3) is 0.115. The Morgan fingerprint density at radius 3 is 2.56 bits per heavy atom. The van der Waals surface area contributed by atoms with Crippen LogP contribution in [0.1, 0.15) is 23.7 Å². The number of aromatic nitrogens is 1. The molecule has 36 heavy (non-hydrogen) atoms. The van der Waals surface area contributed by atoms with Crippen LogP contribution in [0.5, 0.6) is 0 Å². The zero-order chi connectivity index (χ0) is 25.7. The molecule has 0 saturated carbocycles. The number of benzene rings is 3. The molecule has 5 nitrogen and oxygen atoms in total. The number of carbonyl (C=O) groups excluding carboxylic acids is 2. The highest BCUT2D eigenvalue weighted by molar-refractivity contribution is 8.00. The van der Waals surface area contributed by atoms with Crippen molar-refractivity contribution in [2.45, 2.75) is 23.5 Å². The maximum absolute atomic E-state index is 13.2. The summed E-state index contributed by atoms with van der Waals surface area (Å²) in [6, 6.07) is 18.0. The molecule has 0 fully saturated rings. The Morgan fingerprint density at radius 1 is 1.06 bits per heavy atom. The second-order valence-electron chi connectivity index (χ2n) is 7.65. The molecule has 0 bridgehead atoms. The summed E-state index contributed by atoms with van der Waals surface area (Å²) in [6.07, 6.45) is 0.587. The minimum absolute atomic E-state index is 0.176. The van der Waals surface area contributed by atoms with E-state index in [0.717, 1.165) is 10.5 Å². The second-order valence-corrected chi connectivity index (χ2v) is 10.6. The molecule has 3 aromatic carbocycles. The number of hydrogen-bond acceptors (Lipinski definition) is 5. The number of anilines is 2. The molecule has 0 aliphatic carbocycles. The summed E-state index contributed by atoms with van der Waals surface area (Å²) in [5.41, 5.74) is 2.33. The molecule has 4 rings (SSSR count). The van der Waals surface area contributed by atoms with Crippen molar-refractivity contribution in [1.82, 2.24) is 4.98 Å². The van der Waals surface area contributed by atoms with Crippen LogP contribution in [0.25, 0.3) is 11.3 Å². The van der Waals surface area contributed by atoms with Crippen molar-refractivity contribution < 1.29 is 14.0 Å². The first kappa shape index (κ1) is 26.2. The van der Waals surface area contributed by atoms with Gasteiger partial charge in [-0.05, 0) is 67.1 Å². The minimum atomic E-state index is -0.375. The summed E-state index contributed by atoms with van der Waals surface area (Å²) < 4.78 is 13.2. The van der Waals surface area contributed by atoms with Gasteiger partial charge in [0.25, 0.3) is 5.91 Å². The third-order valence-electron chi connectivity index (χ3n) is 5.08. The Bertz CT molecular complexity index is 1400. The lowest BCUT2D eigenvalue weighted by atomic mass is 10.2. The number of nitrogens with zero attached hydrogens (tertiary/aromatic N) is 1. The van der Waals surface area contributed by atoms with Crippen LogP contribution in [0.3, 0.4) is 0 Å². The van der Waals surface area contributed by atoms with Gasteiger partial charge >= 0.3 is 0 Å². The van der Waals surface area contributed by atoms with Gasteiger partial charge in [0.2, 0.25) is 5.91 Å². The molecule has 2 amide bonds. The number of nitrogens with one attached hydrogen (secondary N) is 2. The molecule has 1 atom stereocenters. The van der Waals surface area contributed by atoms with Gasteiger partial charge < -0.3 is 10.6 Å². The Hall–Kier alpha value is -2.91. The number of hydrogen-bond donors (Lipinski definition) is 2. The molecule has 184 valence electrons. The van der Waals surface area contributed by atoms with Crippen LogP contribution in [0.2, 0.25) is 10.0 Å². The largest absolute Gasteiger partial charge is 0.322 e. The van der Waals surface area contributed by atoms with Crippen LogP contribution in [0.15, 0.2) is 77.0 Å². The number of halogens is 3. The van der Waals surface area contributed by atoms with E-state index in [-0.39, 0.29) is 27.9 Å². The van der Waals surface area contributed by atoms with E-state index in [9.17, 15) is 14.0 Å². The third kappa shape index (κ3) is 6.64. The summed E-state index contributed by atoms with van der Waals surface area (Å²) >= 11 is 14.7. The number of thiazole rings is 1. The van der Waals surface area contributed by atoms with Crippen molar-refractivity contribution >= 4 is 68.9 Å². The number of thioether (sulfide) groups is 1. The quantitative estimate of drug-likeness (QED) is 0.214. The zero-order valence-electron chi connectivity index (χ0n) is 18.9. The molecule has 1 unspecified atom stereocenters. The van der Waals surface area contributed by atoms with Gasteiger partial charge in [-0.25, -0.2) is 9.37 Å². The fourth-order valence-electron chi connectivity index (χ4n) is 3.28. The highest BCUT2D eigenvalue weighted by atomic mass is 35.5. The molecule has 1 heterocycles. The van der Waals surface area contributed by atoms with E-state index in [4.69, 9.17) is 23.2 Å². The minimum Gasteiger partial charge on any atom is -0.322 e. The van der Waals surface area contributed by atoms with Gasteiger partial charge in [-0.1, -0.05) is 36.2 Å². The van der Waals surface area contributed by atoms with E-state index in [1.54, 1.807) is 36.4 Å². The molecule has 0 aliphatic rings. The summed E-state index contributed by atoms with van der Waals surface area (Å²) in [7, 11) is 0. The van der Waals surface area contributed by atoms with Crippen LogP contribution >= 0.6 is 46.3 Å². The standard InChI is InChI=1S/C26H20Cl2FN3O2S2/c1-2-23(25(34)32-26-31-22(14-35-26)15-6-9-17(29)10-7-15)36-19-5-3-4-18(13-19)30-24(33)20-11-8-16(27)12-21(20)28/h3-14,23H,2H2,1H3,(H,30,33)(H,31,32,34). The summed E-state index contributed by atoms with van der Waals surface area (Å²) in [4.78, 5) is 30.8. The molecule has 1 aromatic heterocycles. The van der Waals surface area contributed by atoms with E-state index in [1.807, 2.05) is 24.4 Å². The molecule has 0 radical (unpaired) electrons. The molecule has 2 N–H and O–H groups in total. The Balaban J connectivity index is 1.40. The molecular weight excluding hydrogens is 540 g/mol. The smallest absolute Gasteiger partial charge is 0.257 e. The predicted octanol–water partition coefficient (Wildman–Crippen LogP) is 8.02. The Morgan fingerprint density at radius 2 is 1.83 bits per heavy atom. The van der Waals surface area contributed by atoms with E-state index >= 15 is 0 Å². The van der Waals surface area contributed by atoms with E-state index in [0.29, 0.717) is 33.5 Å². The molecule has 0 saturated heterocycles. The van der Waals surface area contributed by atoms with Crippen LogP contribution in [-0.4, -0.2) is 22.0 Å². The summed E-state index contributed by atoms with van der Waals surface area (Å²) in [5, 5.41) is 8.32. The maximum Gasteiger partial charge on any atom is 0.257 e. The van der Waals surface area contributed by atoms with Crippen molar-refractivity contribution in [2.75, 3.05) is 10.6 Å². The van der Waals surface area contributed by atoms with Crippen molar-refractivity contribution in [2.24, 2.45) is 0 Å². The van der Waals surface area contributed by atoms with Crippen LogP contribution in [0, 0.1) is 5.82 Å². The van der Waals surface area contributed by atoms with E-state index in [1.165, 1.54) is 41.3 Å². The van der Waals surface area contributed by atoms with E-state index in [2.05, 4.69) is 15.6 Å². The van der Waals surface area contributed by atoms with Gasteiger partial charge in [0.15, 0.2) is 5.13 Å². The van der Waals surface area contributed by atoms with Crippen molar-refractivity contribution in [3.8, 4) is 11.3 Å². The third-order valence-corrected chi connectivity index (χ3v) is 7.75. The van der Waals surface area contributed by atoms with Crippen LogP contribution in [0.4, 0.5) is 15.2 Å². The lowest BCUT2D eigenvalue weighted by Gasteiger charge is -2.14. The lowest BCUT2D eigenvalue weighted by Crippen LogP contribution is -2.24. The average Bonchev–Trinajstić information content (AvgIpc) is 3.31. The predicted molar refractivity (Wildman–Crippen MR) is 147 cm³/mol. The Kier molecular flexibility index (Phi) is 8.64. The van der Waals surface area contributed by atoms with E-state index < -0.39 is 0 Å². The lowest BCUT2D eigenvalue weighted by molar-refractivity contribution is -0.115. The van der Waals surface area contributed by atoms with Crippen molar-refractivity contribution in [3.63, 3.8) is 0 Å². The van der Waals surface area contributed by atoms with Gasteiger partial charge in [0.1, 0.15) is 5.82 Å². The number of rotatable bonds is 8. The van der Waals surface area contributed by atoms with Gasteiger partial charge in [0.05, 0.1) is 21.5 Å². The summed E-state index contributed by atoms with van der Waals surface area (Å²) in [6.45, 7) is 1.93. The first-order chi connectivity index (χ1) is 17.3. The highest BCUT2D eigenvalue weighted by Gasteiger charge is 2.20. The van der Waals surface area contributed by atoms with Gasteiger partial charge in [-0.2, -0.15) is 0 Å². The van der Waals surface area contributed by atoms with Gasteiger partial charge in [0, 0.05) is 26.5 Å². The summed E-state index contributed by atoms with van der Waals surface area (Å²) in [5.74, 6) is -0.850. The molecule has 0 spiro atoms. The molecule has 0 aliphatic heterocycles. The topological polar surface area (TPSA) is 71.1 Å². The molecular formula is C26H20Cl2FN3O2S2. The monoisotopic (exact) mass is 559 g/mol. The molecule has 4 aromatic rings. The average molecular weight is 561 g/mol. The normalized spacial score (nSPS) is 11.7. The number of amides is 2. The Labute approximate surface area is 226 Å². The zero-order valence-corrected chi connectivity index (χ0v) is 22.1. The number of carbonyl (C=O) groups is 2. The first-order valence-electron chi connectivity index (χ1n) is 10.9. The van der Waals surface area contributed by atoms with Crippen LogP contribution in [-0.2, 0) is 4.79 Å². The fourth-order valence-corrected chi connectivity index (χ4v) is 5.51. The van der Waals surface area contributed by atoms with Gasteiger partial charge in [-0.3, -0.25) is 9.59 Å². The highest BCUT2D eigenvalue weighted by Crippen LogP contribution is 2.31. The molecule has 10 heteroatoms. The second kappa shape index (κ2) is 11.9. The SMILES string of the molecule is CCC(Sc1cccc(NC(=O)c2ccc(Cl)cc2Cl)c1)C(=O)Nc1nc(-c2ccc(F)cc2)cs1. The van der Waals surface area contributed by atoms with Crippen molar-refractivity contribution in [3.05, 3.63) is 93.5 Å². The van der Waals surface area contributed by atoms with Crippen LogP contribution < -0.4 is 10.6 Å². The van der Waals surface area contributed by atoms with Crippen molar-refractivity contribution in [1.29, 1.82) is 0 Å².